The van der Waals surface area contributed by atoms with Crippen molar-refractivity contribution in [1.29, 1.82) is 0 Å². The van der Waals surface area contributed by atoms with E-state index in [-0.39, 0.29) is 5.78 Å². The van der Waals surface area contributed by atoms with Crippen molar-refractivity contribution in [1.82, 2.24) is 0 Å². The van der Waals surface area contributed by atoms with Crippen LogP contribution in [0.2, 0.25) is 0 Å². The molecule has 2 aromatic rings. The van der Waals surface area contributed by atoms with Crippen molar-refractivity contribution in [2.45, 2.75) is 18.9 Å². The number of allylic oxidation sites excluding steroid dienone is 2. The number of aliphatic hydroxyl groups excluding tert-OH is 1. The molecule has 0 saturated heterocycles. The first-order valence-corrected chi connectivity index (χ1v) is 7.95. The van der Waals surface area contributed by atoms with Gasteiger partial charge in [0.25, 0.3) is 0 Å². The van der Waals surface area contributed by atoms with Gasteiger partial charge in [0, 0.05) is 22.3 Å². The fourth-order valence-corrected chi connectivity index (χ4v) is 3.83. The smallest absolute Gasteiger partial charge is 0.197 e. The normalized spacial score (nSPS) is 17.8. The van der Waals surface area contributed by atoms with E-state index in [4.69, 9.17) is 9.47 Å². The zero-order valence-electron chi connectivity index (χ0n) is 13.6. The summed E-state index contributed by atoms with van der Waals surface area (Å²) >= 11 is 0. The fraction of sp³-hybridized carbons (Fsp3) is 0.250. The van der Waals surface area contributed by atoms with Crippen LogP contribution in [0.3, 0.4) is 0 Å². The molecule has 0 heterocycles. The molecule has 0 amide bonds. The molecule has 0 aromatic heterocycles. The summed E-state index contributed by atoms with van der Waals surface area (Å²) in [5.41, 5.74) is 4.03. The Kier molecular flexibility index (Phi) is 3.43. The van der Waals surface area contributed by atoms with Crippen LogP contribution < -0.4 is 9.47 Å². The molecule has 2 aromatic carbocycles. The quantitative estimate of drug-likeness (QED) is 0.864. The van der Waals surface area contributed by atoms with E-state index in [1.165, 1.54) is 0 Å². The van der Waals surface area contributed by atoms with Gasteiger partial charge in [0.05, 0.1) is 19.8 Å². The molecule has 2 aliphatic carbocycles. The number of carbonyl (C=O) groups excluding carboxylic acids is 1. The van der Waals surface area contributed by atoms with Crippen molar-refractivity contribution >= 4 is 5.78 Å². The molecule has 24 heavy (non-hydrogen) atoms. The number of fused-ring (bicyclic) bond motifs is 3. The number of hydrogen-bond donors (Lipinski definition) is 1. The lowest BCUT2D eigenvalue weighted by atomic mass is 9.78. The van der Waals surface area contributed by atoms with Crippen LogP contribution in [0.15, 0.2) is 36.4 Å². The van der Waals surface area contributed by atoms with Crippen molar-refractivity contribution in [2.24, 2.45) is 0 Å². The van der Waals surface area contributed by atoms with Crippen molar-refractivity contribution in [3.8, 4) is 11.5 Å². The lowest BCUT2D eigenvalue weighted by Gasteiger charge is -2.31. The van der Waals surface area contributed by atoms with Gasteiger partial charge in [0.1, 0.15) is 17.6 Å². The molecular formula is C20H18O4. The second-order valence-corrected chi connectivity index (χ2v) is 6.01. The Labute approximate surface area is 140 Å². The first-order chi connectivity index (χ1) is 11.7. The lowest BCUT2D eigenvalue weighted by Crippen LogP contribution is -2.23. The van der Waals surface area contributed by atoms with Crippen LogP contribution in [-0.2, 0) is 12.8 Å². The van der Waals surface area contributed by atoms with E-state index in [2.05, 4.69) is 12.2 Å². The van der Waals surface area contributed by atoms with Gasteiger partial charge in [-0.15, -0.1) is 0 Å². The number of ether oxygens (including phenoxy) is 2. The lowest BCUT2D eigenvalue weighted by molar-refractivity contribution is 0.101. The summed E-state index contributed by atoms with van der Waals surface area (Å²) in [5.74, 6) is 1.03. The third-order valence-corrected chi connectivity index (χ3v) is 4.87. The van der Waals surface area contributed by atoms with Gasteiger partial charge in [0.2, 0.25) is 0 Å². The minimum atomic E-state index is -0.908. The van der Waals surface area contributed by atoms with Crippen LogP contribution in [0.1, 0.15) is 44.3 Å². The summed E-state index contributed by atoms with van der Waals surface area (Å²) in [6, 6.07) is 7.16. The van der Waals surface area contributed by atoms with Gasteiger partial charge in [-0.1, -0.05) is 36.4 Å². The Bertz CT molecular complexity index is 880. The number of ketones is 1. The number of benzene rings is 2. The molecule has 2 aliphatic rings. The molecule has 122 valence electrons. The topological polar surface area (TPSA) is 55.8 Å². The largest absolute Gasteiger partial charge is 0.496 e. The van der Waals surface area contributed by atoms with Crippen LogP contribution >= 0.6 is 0 Å². The summed E-state index contributed by atoms with van der Waals surface area (Å²) in [4.78, 5) is 13.1. The Morgan fingerprint density at radius 3 is 2.29 bits per heavy atom. The van der Waals surface area contributed by atoms with Crippen LogP contribution in [0.25, 0.3) is 0 Å². The molecular weight excluding hydrogens is 304 g/mol. The predicted molar refractivity (Wildman–Crippen MR) is 90.0 cm³/mol. The van der Waals surface area contributed by atoms with E-state index in [9.17, 15) is 9.90 Å². The number of methoxy groups -OCH3 is 2. The minimum absolute atomic E-state index is 0.126. The monoisotopic (exact) mass is 322 g/mol. The van der Waals surface area contributed by atoms with Gasteiger partial charge in [-0.2, -0.15) is 0 Å². The van der Waals surface area contributed by atoms with Gasteiger partial charge in [-0.25, -0.2) is 0 Å². The first kappa shape index (κ1) is 15.0. The Balaban J connectivity index is 2.10. The highest BCUT2D eigenvalue weighted by Crippen LogP contribution is 2.48. The van der Waals surface area contributed by atoms with E-state index in [0.29, 0.717) is 46.6 Å². The first-order valence-electron chi connectivity index (χ1n) is 7.95. The average molecular weight is 322 g/mol. The van der Waals surface area contributed by atoms with Gasteiger partial charge >= 0.3 is 0 Å². The molecule has 0 aliphatic heterocycles. The summed E-state index contributed by atoms with van der Waals surface area (Å²) < 4.78 is 11.3. The number of hydrogen-bond acceptors (Lipinski definition) is 4. The SMILES string of the molecule is COc1c2c(c(OC)c3c1C(=O)c1ccccc1C3O)CC=CC2. The van der Waals surface area contributed by atoms with Crippen molar-refractivity contribution in [2.75, 3.05) is 14.2 Å². The highest BCUT2D eigenvalue weighted by Gasteiger charge is 2.38. The highest BCUT2D eigenvalue weighted by molar-refractivity contribution is 6.15. The standard InChI is InChI=1S/C20H18O4/c1-23-19-13-9-5-6-10-14(13)20(24-2)16-15(19)17(21)11-7-3-4-8-12(11)18(16)22/h3-8,17,21H,9-10H2,1-2H3. The van der Waals surface area contributed by atoms with Gasteiger partial charge < -0.3 is 14.6 Å². The van der Waals surface area contributed by atoms with Crippen molar-refractivity contribution in [3.05, 3.63) is 69.8 Å². The van der Waals surface area contributed by atoms with Crippen molar-refractivity contribution < 1.29 is 19.4 Å². The molecule has 4 nitrogen and oxygen atoms in total. The van der Waals surface area contributed by atoms with E-state index in [1.54, 1.807) is 32.4 Å². The molecule has 1 N–H and O–H groups in total. The molecule has 0 saturated carbocycles. The van der Waals surface area contributed by atoms with Gasteiger partial charge in [0.15, 0.2) is 5.78 Å². The number of carbonyl (C=O) groups is 1. The van der Waals surface area contributed by atoms with E-state index < -0.39 is 6.10 Å². The zero-order chi connectivity index (χ0) is 16.8. The van der Waals surface area contributed by atoms with Crippen LogP contribution in [0.5, 0.6) is 11.5 Å². The third kappa shape index (κ3) is 1.86. The molecule has 4 heteroatoms. The molecule has 0 bridgehead atoms. The van der Waals surface area contributed by atoms with E-state index >= 15 is 0 Å². The van der Waals surface area contributed by atoms with Gasteiger partial charge in [-0.3, -0.25) is 4.79 Å². The third-order valence-electron chi connectivity index (χ3n) is 4.87. The summed E-state index contributed by atoms with van der Waals surface area (Å²) in [7, 11) is 3.15. The minimum Gasteiger partial charge on any atom is -0.496 e. The Morgan fingerprint density at radius 1 is 1.00 bits per heavy atom. The van der Waals surface area contributed by atoms with Crippen LogP contribution in [0.4, 0.5) is 0 Å². The molecule has 0 spiro atoms. The maximum atomic E-state index is 13.1. The summed E-state index contributed by atoms with van der Waals surface area (Å²) in [6.07, 6.45) is 4.61. The molecule has 0 radical (unpaired) electrons. The predicted octanol–water partition coefficient (Wildman–Crippen LogP) is 2.98. The fourth-order valence-electron chi connectivity index (χ4n) is 3.83. The van der Waals surface area contributed by atoms with E-state index in [0.717, 1.165) is 11.1 Å². The summed E-state index contributed by atoms with van der Waals surface area (Å²) in [5, 5.41) is 11.0. The second-order valence-electron chi connectivity index (χ2n) is 6.01. The molecule has 1 atom stereocenters. The van der Waals surface area contributed by atoms with Crippen LogP contribution in [-0.4, -0.2) is 25.1 Å². The zero-order valence-corrected chi connectivity index (χ0v) is 13.6. The van der Waals surface area contributed by atoms with Gasteiger partial charge in [-0.05, 0) is 18.4 Å². The van der Waals surface area contributed by atoms with E-state index in [1.807, 2.05) is 6.07 Å². The Morgan fingerprint density at radius 2 is 1.62 bits per heavy atom. The maximum absolute atomic E-state index is 13.1. The van der Waals surface area contributed by atoms with Crippen LogP contribution in [0, 0.1) is 0 Å². The highest BCUT2D eigenvalue weighted by atomic mass is 16.5. The average Bonchev–Trinajstić information content (AvgIpc) is 2.64. The summed E-state index contributed by atoms with van der Waals surface area (Å²) in [6.45, 7) is 0. The number of aliphatic hydroxyl groups is 1. The molecule has 1 unspecified atom stereocenters. The number of rotatable bonds is 2. The maximum Gasteiger partial charge on any atom is 0.197 e. The molecule has 0 fully saturated rings. The Hall–Kier alpha value is -2.59. The second kappa shape index (κ2) is 5.49. The molecule has 4 rings (SSSR count). The van der Waals surface area contributed by atoms with Crippen molar-refractivity contribution in [3.63, 3.8) is 0 Å².